The lowest BCUT2D eigenvalue weighted by molar-refractivity contribution is -0.139. The minimum atomic E-state index is -0.870. The minimum absolute atomic E-state index is 0.0628. The molecule has 0 saturated carbocycles. The summed E-state index contributed by atoms with van der Waals surface area (Å²) >= 11 is 0. The second-order valence-electron chi connectivity index (χ2n) is 8.28. The van der Waals surface area contributed by atoms with E-state index in [0.717, 1.165) is 26.1 Å². The largest absolute Gasteiger partial charge is 0.481 e. The number of ether oxygens (including phenoxy) is 4. The summed E-state index contributed by atoms with van der Waals surface area (Å²) in [6.45, 7) is 11.3. The zero-order valence-corrected chi connectivity index (χ0v) is 23.1. The van der Waals surface area contributed by atoms with Gasteiger partial charge in [-0.15, -0.1) is 0 Å². The Kier molecular flexibility index (Phi) is 36.7. The molecule has 0 saturated heterocycles. The van der Waals surface area contributed by atoms with Gasteiger partial charge in [0.25, 0.3) is 0 Å². The number of aliphatic hydroxyl groups excluding tert-OH is 2. The van der Waals surface area contributed by atoms with Crippen molar-refractivity contribution >= 4 is 11.9 Å². The molecule has 2 atom stereocenters. The smallest absolute Gasteiger partial charge is 0.303 e. The second kappa shape index (κ2) is 33.7. The van der Waals surface area contributed by atoms with E-state index in [4.69, 9.17) is 39.4 Å². The molecule has 4 N–H and O–H groups in total. The fraction of sp³-hybridized carbons (Fsp3) is 0.923. The van der Waals surface area contributed by atoms with Crippen molar-refractivity contribution in [2.24, 2.45) is 0 Å². The van der Waals surface area contributed by atoms with Crippen molar-refractivity contribution in [3.8, 4) is 0 Å². The van der Waals surface area contributed by atoms with Gasteiger partial charge in [-0.3, -0.25) is 9.59 Å². The van der Waals surface area contributed by atoms with E-state index in [1.807, 2.05) is 0 Å². The van der Waals surface area contributed by atoms with Crippen LogP contribution in [-0.4, -0.2) is 84.6 Å². The third-order valence-electron chi connectivity index (χ3n) is 4.49. The van der Waals surface area contributed by atoms with E-state index in [2.05, 4.69) is 13.8 Å². The number of aliphatic carboxylic acids is 2. The Bertz CT molecular complexity index is 404. The standard InChI is InChI=1S/2C10H22O3.C6H10O4/c2*1-3-4-5-6-7-12-8-9-13-10(2)11;7-5(8)3-1-2-4-6(9)10/h2*10-11H,3-9H2,1-2H3;1-4H2,(H,7,8)(H,9,10). The lowest BCUT2D eigenvalue weighted by Crippen LogP contribution is -2.12. The van der Waals surface area contributed by atoms with Crippen LogP contribution in [0.5, 0.6) is 0 Å². The van der Waals surface area contributed by atoms with Gasteiger partial charge in [-0.1, -0.05) is 52.4 Å². The van der Waals surface area contributed by atoms with Gasteiger partial charge in [-0.25, -0.2) is 0 Å². The van der Waals surface area contributed by atoms with Crippen molar-refractivity contribution in [1.82, 2.24) is 0 Å². The van der Waals surface area contributed by atoms with Crippen LogP contribution in [0.4, 0.5) is 0 Å². The maximum absolute atomic E-state index is 9.90. The predicted molar refractivity (Wildman–Crippen MR) is 139 cm³/mol. The number of hydrogen-bond acceptors (Lipinski definition) is 8. The summed E-state index contributed by atoms with van der Waals surface area (Å²) in [4.78, 5) is 19.8. The molecule has 0 radical (unpaired) electrons. The van der Waals surface area contributed by atoms with Crippen LogP contribution < -0.4 is 0 Å². The van der Waals surface area contributed by atoms with Gasteiger partial charge in [0, 0.05) is 26.1 Å². The van der Waals surface area contributed by atoms with E-state index in [0.29, 0.717) is 39.3 Å². The number of unbranched alkanes of at least 4 members (excludes halogenated alkanes) is 7. The lowest BCUT2D eigenvalue weighted by Gasteiger charge is -2.07. The molecule has 218 valence electrons. The topological polar surface area (TPSA) is 152 Å². The third kappa shape index (κ3) is 49.8. The normalized spacial score (nSPS) is 12.1. The molecule has 0 bridgehead atoms. The number of carboxylic acids is 2. The zero-order valence-electron chi connectivity index (χ0n) is 23.1. The first-order chi connectivity index (χ1) is 17.2. The fourth-order valence-electron chi connectivity index (χ4n) is 2.57. The summed E-state index contributed by atoms with van der Waals surface area (Å²) in [7, 11) is 0. The van der Waals surface area contributed by atoms with Crippen molar-refractivity contribution in [3.63, 3.8) is 0 Å². The van der Waals surface area contributed by atoms with Gasteiger partial charge in [-0.2, -0.15) is 0 Å². The van der Waals surface area contributed by atoms with Crippen molar-refractivity contribution in [2.45, 2.75) is 117 Å². The van der Waals surface area contributed by atoms with Crippen molar-refractivity contribution in [3.05, 3.63) is 0 Å². The molecule has 0 aromatic carbocycles. The number of aliphatic hydroxyl groups is 2. The third-order valence-corrected chi connectivity index (χ3v) is 4.49. The Morgan fingerprint density at radius 3 is 1.19 bits per heavy atom. The summed E-state index contributed by atoms with van der Waals surface area (Å²) in [5, 5.41) is 33.8. The highest BCUT2D eigenvalue weighted by atomic mass is 16.6. The van der Waals surface area contributed by atoms with Crippen LogP contribution in [-0.2, 0) is 28.5 Å². The zero-order chi connectivity index (χ0) is 27.9. The Labute approximate surface area is 218 Å². The van der Waals surface area contributed by atoms with Crippen LogP contribution in [0.25, 0.3) is 0 Å². The van der Waals surface area contributed by atoms with Gasteiger partial charge in [0.1, 0.15) is 0 Å². The minimum Gasteiger partial charge on any atom is -0.481 e. The first kappa shape index (κ1) is 39.2. The highest BCUT2D eigenvalue weighted by molar-refractivity contribution is 5.67. The Morgan fingerprint density at radius 2 is 0.917 bits per heavy atom. The van der Waals surface area contributed by atoms with E-state index in [9.17, 15) is 9.59 Å². The van der Waals surface area contributed by atoms with Crippen LogP contribution in [0.2, 0.25) is 0 Å². The number of carbonyl (C=O) groups is 2. The average Bonchev–Trinajstić information content (AvgIpc) is 2.80. The molecule has 0 fully saturated rings. The molecule has 0 aliphatic rings. The maximum atomic E-state index is 9.90. The van der Waals surface area contributed by atoms with Gasteiger partial charge in [-0.05, 0) is 39.5 Å². The average molecular weight is 527 g/mol. The van der Waals surface area contributed by atoms with Crippen LogP contribution in [0, 0.1) is 0 Å². The van der Waals surface area contributed by atoms with Crippen LogP contribution >= 0.6 is 0 Å². The van der Waals surface area contributed by atoms with Gasteiger partial charge < -0.3 is 39.4 Å². The quantitative estimate of drug-likeness (QED) is 0.110. The predicted octanol–water partition coefficient (Wildman–Crippen LogP) is 4.59. The molecule has 10 heteroatoms. The van der Waals surface area contributed by atoms with Crippen molar-refractivity contribution in [1.29, 1.82) is 0 Å². The molecule has 0 rings (SSSR count). The molecule has 0 spiro atoms. The van der Waals surface area contributed by atoms with E-state index in [-0.39, 0.29) is 12.8 Å². The molecular weight excluding hydrogens is 472 g/mol. The number of rotatable bonds is 23. The molecule has 0 aromatic heterocycles. The van der Waals surface area contributed by atoms with Gasteiger partial charge in [0.2, 0.25) is 0 Å². The Hall–Kier alpha value is -1.30. The Balaban J connectivity index is -0.000000459. The number of hydrogen-bond donors (Lipinski definition) is 4. The Morgan fingerprint density at radius 1 is 0.556 bits per heavy atom. The molecule has 0 heterocycles. The highest BCUT2D eigenvalue weighted by Crippen LogP contribution is 2.00. The highest BCUT2D eigenvalue weighted by Gasteiger charge is 1.99. The molecule has 0 aliphatic carbocycles. The molecule has 2 unspecified atom stereocenters. The summed E-state index contributed by atoms with van der Waals surface area (Å²) in [5.41, 5.74) is 0. The molecule has 36 heavy (non-hydrogen) atoms. The second-order valence-corrected chi connectivity index (χ2v) is 8.28. The molecule has 10 nitrogen and oxygen atoms in total. The number of carboxylic acid groups (broad SMARTS) is 2. The van der Waals surface area contributed by atoms with Crippen LogP contribution in [0.15, 0.2) is 0 Å². The lowest BCUT2D eigenvalue weighted by atomic mass is 10.2. The maximum Gasteiger partial charge on any atom is 0.303 e. The summed E-state index contributed by atoms with van der Waals surface area (Å²) in [6, 6.07) is 0. The fourth-order valence-corrected chi connectivity index (χ4v) is 2.57. The SMILES string of the molecule is CCCCCCOCCOC(C)O.CCCCCCOCCOC(C)O.O=C(O)CCCCC(=O)O. The monoisotopic (exact) mass is 526 g/mol. The van der Waals surface area contributed by atoms with E-state index in [1.165, 1.54) is 38.5 Å². The molecular formula is C26H54O10. The molecule has 0 aliphatic heterocycles. The summed E-state index contributed by atoms with van der Waals surface area (Å²) in [6.07, 6.45) is 9.49. The van der Waals surface area contributed by atoms with E-state index in [1.54, 1.807) is 13.8 Å². The molecule has 0 amide bonds. The first-order valence-electron chi connectivity index (χ1n) is 13.4. The van der Waals surface area contributed by atoms with Crippen LogP contribution in [0.3, 0.4) is 0 Å². The van der Waals surface area contributed by atoms with Crippen molar-refractivity contribution in [2.75, 3.05) is 39.6 Å². The van der Waals surface area contributed by atoms with Gasteiger partial charge >= 0.3 is 11.9 Å². The summed E-state index contributed by atoms with van der Waals surface area (Å²) in [5.74, 6) is -1.74. The molecule has 0 aromatic rings. The summed E-state index contributed by atoms with van der Waals surface area (Å²) < 4.78 is 20.4. The van der Waals surface area contributed by atoms with Crippen LogP contribution in [0.1, 0.15) is 105 Å². The van der Waals surface area contributed by atoms with Gasteiger partial charge in [0.05, 0.1) is 26.4 Å². The first-order valence-corrected chi connectivity index (χ1v) is 13.4. The van der Waals surface area contributed by atoms with E-state index >= 15 is 0 Å². The van der Waals surface area contributed by atoms with Crippen molar-refractivity contribution < 1.29 is 49.0 Å². The van der Waals surface area contributed by atoms with Gasteiger partial charge in [0.15, 0.2) is 12.6 Å². The van der Waals surface area contributed by atoms with E-state index < -0.39 is 24.5 Å².